The minimum Gasteiger partial charge on any atom is -0.481 e. The van der Waals surface area contributed by atoms with Gasteiger partial charge in [-0.15, -0.1) is 46.4 Å². The first-order valence-corrected chi connectivity index (χ1v) is 59.3. The number of carboxylic acid groups (broad SMARTS) is 2. The van der Waals surface area contributed by atoms with Crippen molar-refractivity contribution in [1.82, 2.24) is 60.3 Å². The molecule has 3 fully saturated rings. The third-order valence-electron chi connectivity index (χ3n) is 27.6. The number of carboxylic acids is 2. The van der Waals surface area contributed by atoms with Gasteiger partial charge < -0.3 is 65.5 Å². The number of benzene rings is 2. The lowest BCUT2D eigenvalue weighted by Gasteiger charge is -2.38. The Balaban J connectivity index is 0.000000702. The van der Waals surface area contributed by atoms with Crippen LogP contribution in [0.15, 0.2) is 76.8 Å². The number of nitrogens with zero attached hydrogens (tertiary/aromatic N) is 9. The second-order valence-corrected chi connectivity index (χ2v) is 46.7. The molecule has 0 aliphatic carbocycles. The number of aromatic carboxylic acids is 1. The summed E-state index contributed by atoms with van der Waals surface area (Å²) in [6, 6.07) is 15.7. The zero-order valence-electron chi connectivity index (χ0n) is 93.4. The molecule has 3 aliphatic heterocycles. The van der Waals surface area contributed by atoms with Gasteiger partial charge in [-0.3, -0.25) is 77.0 Å². The van der Waals surface area contributed by atoms with E-state index < -0.39 is 79.7 Å². The third kappa shape index (κ3) is 44.4. The summed E-state index contributed by atoms with van der Waals surface area (Å²) in [5.74, 6) is -6.11. The van der Waals surface area contributed by atoms with E-state index in [-0.39, 0.29) is 198 Å². The number of carbonyl (C=O) groups excluding carboxylic acids is 12. The molecular weight excluding hydrogens is 2050 g/mol. The van der Waals surface area contributed by atoms with Crippen LogP contribution in [0.1, 0.15) is 319 Å². The van der Waals surface area contributed by atoms with Gasteiger partial charge in [-0.2, -0.15) is 0 Å². The van der Waals surface area contributed by atoms with E-state index in [1.165, 1.54) is 42.9 Å². The van der Waals surface area contributed by atoms with Crippen molar-refractivity contribution in [2.24, 2.45) is 59.0 Å². The number of Topliss-reactive ketones (excluding diaryl/α,β-unsaturated/α-hetero) is 1. The van der Waals surface area contributed by atoms with Gasteiger partial charge in [0.15, 0.2) is 37.7 Å². The van der Waals surface area contributed by atoms with Crippen LogP contribution >= 0.6 is 70.6 Å². The molecule has 3 aliphatic rings. The Morgan fingerprint density at radius 2 is 0.838 bits per heavy atom. The van der Waals surface area contributed by atoms with Crippen molar-refractivity contribution in [2.75, 3.05) is 75.2 Å². The number of carbonyl (C=O) groups is 14. The number of ether oxygens (including phenoxy) is 4. The summed E-state index contributed by atoms with van der Waals surface area (Å²) in [6.45, 7) is 37.7. The van der Waals surface area contributed by atoms with E-state index in [0.717, 1.165) is 125 Å². The number of thiazole rings is 3. The summed E-state index contributed by atoms with van der Waals surface area (Å²) in [5, 5.41) is 33.0. The van der Waals surface area contributed by atoms with Gasteiger partial charge in [0.2, 0.25) is 41.0 Å². The first kappa shape index (κ1) is 132. The molecule has 7 N–H and O–H groups in total. The van der Waals surface area contributed by atoms with Crippen LogP contribution in [-0.2, 0) is 96.3 Å². The minimum absolute atomic E-state index is 0. The second kappa shape index (κ2) is 68.7. The van der Waals surface area contributed by atoms with Crippen LogP contribution in [0, 0.1) is 53.3 Å². The second-order valence-electron chi connectivity index (χ2n) is 40.2. The van der Waals surface area contributed by atoms with E-state index in [2.05, 4.69) is 42.6 Å². The molecule has 832 valence electrons. The Morgan fingerprint density at radius 3 is 1.13 bits per heavy atom. The Morgan fingerprint density at radius 1 is 0.520 bits per heavy atom. The predicted octanol–water partition coefficient (Wildman–Crippen LogP) is 18.3. The Bertz CT molecular complexity index is 4990. The van der Waals surface area contributed by atoms with Gasteiger partial charge in [-0.05, 0) is 178 Å². The number of amides is 6. The van der Waals surface area contributed by atoms with Crippen LogP contribution in [0.25, 0.3) is 0 Å². The molecule has 6 amide bonds. The summed E-state index contributed by atoms with van der Waals surface area (Å²) in [4.78, 5) is 202. The molecule has 3 saturated heterocycles. The van der Waals surface area contributed by atoms with Gasteiger partial charge in [0.1, 0.15) is 44.5 Å². The molecule has 33 nitrogen and oxygen atoms in total. The Kier molecular flexibility index (Phi) is 61.3. The molecule has 8 rings (SSSR count). The lowest BCUT2D eigenvalue weighted by molar-refractivity contribution is -0.150. The van der Waals surface area contributed by atoms with E-state index in [4.69, 9.17) is 37.7 Å². The topological polar surface area (TPSA) is 437 Å². The number of hydrogen-bond acceptors (Lipinski definition) is 29. The molecule has 3 aromatic heterocycles. The molecule has 0 spiro atoms. The number of likely N-dealkylation sites (N-methyl/N-ethyl adjacent to an activating group) is 6. The van der Waals surface area contributed by atoms with Gasteiger partial charge in [-0.25, -0.2) is 23.9 Å². The highest BCUT2D eigenvalue weighted by Crippen LogP contribution is 2.49. The molecule has 0 bridgehead atoms. The summed E-state index contributed by atoms with van der Waals surface area (Å²) >= 11 is 7.84. The Hall–Kier alpha value is -8.25. The first-order valence-electron chi connectivity index (χ1n) is 52.5. The van der Waals surface area contributed by atoms with E-state index >= 15 is 0 Å². The lowest BCUT2D eigenvalue weighted by Crippen LogP contribution is -2.58. The first-order chi connectivity index (χ1) is 70.3. The number of hydrogen-bond donors (Lipinski definition) is 6. The largest absolute Gasteiger partial charge is 0.481 e. The van der Waals surface area contributed by atoms with E-state index in [1.54, 1.807) is 55.1 Å². The third-order valence-corrected chi connectivity index (χ3v) is 31.8. The van der Waals surface area contributed by atoms with Crippen LogP contribution in [0.5, 0.6) is 0 Å². The number of aromatic nitrogens is 3. The molecule has 2 aromatic carbocycles. The van der Waals surface area contributed by atoms with Crippen molar-refractivity contribution in [2.45, 2.75) is 332 Å². The quantitative estimate of drug-likeness (QED) is 0.00911. The fourth-order valence-electron chi connectivity index (χ4n) is 18.4. The number of esters is 4. The number of piperidine rings is 3. The average molecular weight is 2230 g/mol. The van der Waals surface area contributed by atoms with Gasteiger partial charge in [0.05, 0.1) is 36.6 Å². The highest BCUT2D eigenvalue weighted by Gasteiger charge is 2.43. The van der Waals surface area contributed by atoms with Crippen molar-refractivity contribution < 1.29 is 103 Å². The summed E-state index contributed by atoms with van der Waals surface area (Å²) in [5.41, 5.74) is 7.56. The summed E-state index contributed by atoms with van der Waals surface area (Å²) < 4.78 is 45.8. The minimum atomic E-state index is -2.41. The van der Waals surface area contributed by atoms with Crippen LogP contribution in [0.2, 0.25) is 0 Å². The van der Waals surface area contributed by atoms with Crippen LogP contribution in [0.4, 0.5) is 4.20 Å². The molecule has 0 saturated carbocycles. The fourth-order valence-corrected chi connectivity index (χ4v) is 21.7. The molecule has 5 aromatic rings. The van der Waals surface area contributed by atoms with Crippen molar-refractivity contribution in [3.05, 3.63) is 120 Å². The van der Waals surface area contributed by atoms with Crippen LogP contribution in [-0.4, -0.2) is 273 Å². The van der Waals surface area contributed by atoms with Crippen LogP contribution in [0.3, 0.4) is 0 Å². The molecule has 2 unspecified atom stereocenters. The normalized spacial score (nSPS) is 18.4. The van der Waals surface area contributed by atoms with Gasteiger partial charge in [0.25, 0.3) is 0 Å². The number of aliphatic carboxylic acids is 1. The zero-order chi connectivity index (χ0) is 113. The van der Waals surface area contributed by atoms with Crippen molar-refractivity contribution >= 4 is 165 Å². The molecule has 148 heavy (non-hydrogen) atoms. The summed E-state index contributed by atoms with van der Waals surface area (Å²) in [6.07, 6.45) is 11.4. The average Bonchev–Trinajstić information content (AvgIpc) is 1.54. The molecule has 21 atom stereocenters. The molecule has 42 heteroatoms. The fraction of sp³-hybridized carbons (Fsp3) is 0.670. The van der Waals surface area contributed by atoms with Crippen molar-refractivity contribution in [1.29, 1.82) is 0 Å². The maximum Gasteiger partial charge on any atom is 0.355 e. The maximum absolute atomic E-state index is 14.2. The number of ketones is 1. The van der Waals surface area contributed by atoms with Crippen LogP contribution < -0.4 is 21.7 Å². The SMILES string of the molecule is CCOC(=O)[C@@H](C)C[C@@H](CC(=O)c1csc([C@@H](C[C@H](C(C)C)N(C)C(=O)[C@@H](NC(=O)[C@H]2CCCCN2C)[C@@H](C)CC)OC(C)=O)n1)Cc1ccccc1.CC[C@H](C)[C@H](NC(=O)[C@H]1CCCCN1C)C(=O)N(C)[C@H](C[C@@H](OC(C)=O)c1nc(C(=O)O)cs1)C(C)C.CC[C@H](C)[C@H](NC(=O)[C@H]1CCCCN1C)C(=O)N(C)[C@H](C[C@@H](OC(C)=O)c1nc(C(=O)P(F)P)cs1)C(C)C.CP=S.C[C@@H](C[C@@H](N)Cc1ccccc1)C(=O)O.Cl.[3H][3H]. The van der Waals surface area contributed by atoms with Crippen molar-refractivity contribution in [3.8, 4) is 0 Å². The van der Waals surface area contributed by atoms with Gasteiger partial charge >= 0.3 is 35.8 Å². The van der Waals surface area contributed by atoms with E-state index in [0.29, 0.717) is 60.2 Å². The number of nitrogens with one attached hydrogen (secondary N) is 3. The smallest absolute Gasteiger partial charge is 0.355 e. The lowest BCUT2D eigenvalue weighted by atomic mass is 9.86. The summed E-state index contributed by atoms with van der Waals surface area (Å²) in [7, 11) is 11.4. The van der Waals surface area contributed by atoms with Crippen molar-refractivity contribution in [3.63, 3.8) is 0 Å². The monoisotopic (exact) mass is 2220 g/mol. The molecule has 6 heterocycles. The number of nitrogens with two attached hydrogens (primary N) is 1. The van der Waals surface area contributed by atoms with Gasteiger partial charge in [0, 0.05) is 111 Å². The van der Waals surface area contributed by atoms with E-state index in [1.807, 2.05) is 197 Å². The predicted molar refractivity (Wildman–Crippen MR) is 594 cm³/mol. The molecular formula is C106H170ClFN13O20P3S4. The number of likely N-dealkylation sites (tertiary alicyclic amines) is 3. The standard InChI is InChI=1S/C41H62N4O7S.C26H43FN4O5P2S.C26H42N4O6S.C12H17NO2.CH3PS.ClH.H2/c1-10-27(5)37(43-38(48)33-19-15-16-20-44(33)8)40(49)45(9)34(26(3)4)24-36(52-29(7)46)39-42-32(25-53-39)35(47)23-31(21-28(6)41(50)51-11-2)22-30-17-13-12-14-18-30;1-8-16(4)22(29-23(33)19-11-9-10-12-30(19)6)25(34)31(7)20(15(2)3)13-21(36-17(5)32)24-28-18(14-39-24)26(35)38(27)37;1-8-16(4)22(28-23(32)19-11-9-10-12-29(19)6)25(33)30(7)20(15(2)3)13-21(36-17(5)31)24-27-18(14-37-24)26(34)35;1-9(12(14)15)7-11(13)8-10-5-3-2-4-6-10;1-2-3;;/h12-14,17-18,25-28,31,33-34,36-37H,10-11,15-16,19-24H2,1-9H3,(H,43,48);14-16,19-22H,8-13,37H2,1-7H3,(H,29,33);14-16,19-22H,8-13H2,1-7H3,(H,28,32)(H,34,35);2-6,9,11H,7-8,13H2,1H3,(H,14,15);1H3;2*1H/t27-,28-,31+,33+,34+,36+,37-;16-,19+,20+,21+,22-,38?;16-,19+,20+,21+,22-;9-,11+;;;/m0000.../s1/i;;;;;;1+2T. The zero-order valence-corrected chi connectivity index (χ0v) is 98.4. The number of rotatable bonds is 50. The molecule has 0 radical (unpaired) electrons. The maximum atomic E-state index is 14.2. The highest BCUT2D eigenvalue weighted by molar-refractivity contribution is 8.19. The van der Waals surface area contributed by atoms with E-state index in [9.17, 15) is 76.4 Å². The Labute approximate surface area is 908 Å². The highest BCUT2D eigenvalue weighted by atomic mass is 35.5. The number of halogens is 2. The van der Waals surface area contributed by atoms with Gasteiger partial charge in [-0.1, -0.05) is 217 Å².